The molecule has 43 heavy (non-hydrogen) atoms. The van der Waals surface area contributed by atoms with E-state index in [2.05, 4.69) is 9.88 Å². The lowest BCUT2D eigenvalue weighted by Gasteiger charge is -2.37. The molecular formula is C31H38F5N3O4. The van der Waals surface area contributed by atoms with Gasteiger partial charge < -0.3 is 19.5 Å². The third-order valence-electron chi connectivity index (χ3n) is 8.97. The Morgan fingerprint density at radius 3 is 2.44 bits per heavy atom. The molecule has 0 radical (unpaired) electrons. The molecule has 2 saturated heterocycles. The van der Waals surface area contributed by atoms with E-state index >= 15 is 0 Å². The number of benzene rings is 1. The fourth-order valence-electron chi connectivity index (χ4n) is 6.44. The van der Waals surface area contributed by atoms with Crippen LogP contribution in [0, 0.1) is 11.8 Å². The number of piperidine rings is 1. The molecule has 3 fully saturated rings. The molecule has 1 aromatic carbocycles. The van der Waals surface area contributed by atoms with Crippen LogP contribution < -0.4 is 14.4 Å². The summed E-state index contributed by atoms with van der Waals surface area (Å²) in [6.07, 6.45) is 0.829. The van der Waals surface area contributed by atoms with Crippen LogP contribution in [0.5, 0.6) is 11.6 Å². The maximum atomic E-state index is 14.0. The zero-order chi connectivity index (χ0) is 30.8. The third kappa shape index (κ3) is 7.50. The number of rotatable bonds is 12. The molecule has 1 N–H and O–H groups in total. The molecule has 2 aliphatic heterocycles. The minimum atomic E-state index is -5.60. The Morgan fingerprint density at radius 2 is 1.79 bits per heavy atom. The van der Waals surface area contributed by atoms with E-state index in [1.807, 2.05) is 18.2 Å². The van der Waals surface area contributed by atoms with E-state index < -0.39 is 30.7 Å². The van der Waals surface area contributed by atoms with Crippen LogP contribution in [0.3, 0.4) is 0 Å². The highest BCUT2D eigenvalue weighted by Crippen LogP contribution is 2.46. The van der Waals surface area contributed by atoms with Gasteiger partial charge >= 0.3 is 18.1 Å². The Kier molecular flexibility index (Phi) is 9.34. The standard InChI is InChI=1S/C31H38F5N3O4/c1-42-23-6-7-24(26-3-2-12-39(26)19-30(32,33)31(34,35)36)27(16-23)38-13-9-20(10-14-38)18-43-28-15-22(8-11-37-28)25(17-29(40)41)21-4-5-21/h6-8,11,15-16,20-21,25-26H,2-5,9-10,12-14,17-19H2,1H3,(H,40,41)/t25-,26?/m0/s1. The lowest BCUT2D eigenvalue weighted by Crippen LogP contribution is -2.47. The van der Waals surface area contributed by atoms with Crippen LogP contribution in [0.4, 0.5) is 27.6 Å². The third-order valence-corrected chi connectivity index (χ3v) is 8.97. The Labute approximate surface area is 248 Å². The van der Waals surface area contributed by atoms with E-state index in [1.165, 1.54) is 12.0 Å². The number of hydrogen-bond acceptors (Lipinski definition) is 6. The largest absolute Gasteiger partial charge is 0.497 e. The molecule has 236 valence electrons. The van der Waals surface area contributed by atoms with E-state index in [0.717, 1.165) is 42.5 Å². The number of carbonyl (C=O) groups is 1. The maximum absolute atomic E-state index is 14.0. The van der Waals surface area contributed by atoms with Gasteiger partial charge in [-0.1, -0.05) is 6.07 Å². The summed E-state index contributed by atoms with van der Waals surface area (Å²) in [5.41, 5.74) is 2.47. The number of methoxy groups -OCH3 is 1. The highest BCUT2D eigenvalue weighted by atomic mass is 19.4. The van der Waals surface area contributed by atoms with Crippen molar-refractivity contribution in [2.45, 2.75) is 69.0 Å². The summed E-state index contributed by atoms with van der Waals surface area (Å²) in [5, 5.41) is 9.33. The predicted molar refractivity (Wildman–Crippen MR) is 150 cm³/mol. The van der Waals surface area contributed by atoms with Crippen molar-refractivity contribution in [3.05, 3.63) is 47.7 Å². The van der Waals surface area contributed by atoms with Crippen LogP contribution in [-0.2, 0) is 4.79 Å². The summed E-state index contributed by atoms with van der Waals surface area (Å²) in [5.74, 6) is -3.96. The minimum absolute atomic E-state index is 0.0429. The predicted octanol–water partition coefficient (Wildman–Crippen LogP) is 6.69. The number of nitrogens with zero attached hydrogens (tertiary/aromatic N) is 3. The highest BCUT2D eigenvalue weighted by molar-refractivity contribution is 5.68. The van der Waals surface area contributed by atoms with Gasteiger partial charge in [0.25, 0.3) is 0 Å². The second-order valence-corrected chi connectivity index (χ2v) is 12.0. The minimum Gasteiger partial charge on any atom is -0.497 e. The Hall–Kier alpha value is -3.15. The summed E-state index contributed by atoms with van der Waals surface area (Å²) < 4.78 is 78.4. The Balaban J connectivity index is 1.22. The monoisotopic (exact) mass is 611 g/mol. The SMILES string of the molecule is COc1ccc(C2CCCN2CC(F)(F)C(F)(F)F)c(N2CCC(COc3cc([C@@H](CC(=O)O)C4CC4)ccn3)CC2)c1. The lowest BCUT2D eigenvalue weighted by molar-refractivity contribution is -0.287. The first-order valence-corrected chi connectivity index (χ1v) is 14.9. The summed E-state index contributed by atoms with van der Waals surface area (Å²) in [4.78, 5) is 19.1. The molecule has 3 heterocycles. The van der Waals surface area contributed by atoms with Gasteiger partial charge in [0, 0.05) is 43.1 Å². The van der Waals surface area contributed by atoms with Crippen molar-refractivity contribution >= 4 is 11.7 Å². The molecule has 1 aliphatic carbocycles. The number of aliphatic carboxylic acids is 1. The summed E-state index contributed by atoms with van der Waals surface area (Å²) in [6, 6.07) is 8.51. The van der Waals surface area contributed by atoms with E-state index in [0.29, 0.717) is 50.1 Å². The number of ether oxygens (including phenoxy) is 2. The second kappa shape index (κ2) is 12.8. The molecule has 2 aromatic rings. The van der Waals surface area contributed by atoms with Gasteiger partial charge in [-0.15, -0.1) is 0 Å². The fraction of sp³-hybridized carbons (Fsp3) is 0.613. The van der Waals surface area contributed by atoms with Crippen molar-refractivity contribution in [3.63, 3.8) is 0 Å². The van der Waals surface area contributed by atoms with Gasteiger partial charge in [0.05, 0.1) is 26.7 Å². The maximum Gasteiger partial charge on any atom is 0.454 e. The molecule has 1 saturated carbocycles. The zero-order valence-electron chi connectivity index (χ0n) is 24.2. The number of hydrogen-bond donors (Lipinski definition) is 1. The molecule has 0 amide bonds. The topological polar surface area (TPSA) is 75.1 Å². The smallest absolute Gasteiger partial charge is 0.454 e. The first kappa shape index (κ1) is 31.3. The van der Waals surface area contributed by atoms with Gasteiger partial charge in [-0.2, -0.15) is 22.0 Å². The number of pyridine rings is 1. The van der Waals surface area contributed by atoms with Crippen LogP contribution in [0.25, 0.3) is 0 Å². The summed E-state index contributed by atoms with van der Waals surface area (Å²) in [7, 11) is 1.53. The number of carboxylic acid groups (broad SMARTS) is 1. The van der Waals surface area contributed by atoms with E-state index in [9.17, 15) is 31.9 Å². The fourth-order valence-corrected chi connectivity index (χ4v) is 6.44. The molecular weight excluding hydrogens is 573 g/mol. The van der Waals surface area contributed by atoms with Crippen molar-refractivity contribution in [1.29, 1.82) is 0 Å². The number of aromatic nitrogens is 1. The quantitative estimate of drug-likeness (QED) is 0.268. The molecule has 5 rings (SSSR count). The first-order chi connectivity index (χ1) is 20.4. The van der Waals surface area contributed by atoms with Crippen LogP contribution in [0.2, 0.25) is 0 Å². The number of likely N-dealkylation sites (tertiary alicyclic amines) is 1. The number of carboxylic acids is 1. The van der Waals surface area contributed by atoms with Crippen LogP contribution in [0.15, 0.2) is 36.5 Å². The molecule has 2 atom stereocenters. The van der Waals surface area contributed by atoms with Crippen LogP contribution >= 0.6 is 0 Å². The second-order valence-electron chi connectivity index (χ2n) is 12.0. The molecule has 1 unspecified atom stereocenters. The molecule has 3 aliphatic rings. The zero-order valence-corrected chi connectivity index (χ0v) is 24.2. The van der Waals surface area contributed by atoms with Gasteiger partial charge in [-0.3, -0.25) is 9.69 Å². The van der Waals surface area contributed by atoms with Crippen molar-refractivity contribution in [1.82, 2.24) is 9.88 Å². The van der Waals surface area contributed by atoms with Crippen molar-refractivity contribution in [2.75, 3.05) is 44.8 Å². The van der Waals surface area contributed by atoms with Gasteiger partial charge in [0.1, 0.15) is 5.75 Å². The first-order valence-electron chi connectivity index (χ1n) is 14.9. The Morgan fingerprint density at radius 1 is 1.05 bits per heavy atom. The van der Waals surface area contributed by atoms with E-state index in [4.69, 9.17) is 9.47 Å². The molecule has 12 heteroatoms. The van der Waals surface area contributed by atoms with E-state index in [-0.39, 0.29) is 24.8 Å². The number of halogens is 5. The average molecular weight is 612 g/mol. The summed E-state index contributed by atoms with van der Waals surface area (Å²) >= 11 is 0. The molecule has 0 spiro atoms. The average Bonchev–Trinajstić information content (AvgIpc) is 3.72. The molecule has 1 aromatic heterocycles. The lowest BCUT2D eigenvalue weighted by atomic mass is 9.92. The van der Waals surface area contributed by atoms with Gasteiger partial charge in [0.15, 0.2) is 0 Å². The van der Waals surface area contributed by atoms with Crippen molar-refractivity contribution in [3.8, 4) is 11.6 Å². The molecule has 7 nitrogen and oxygen atoms in total. The van der Waals surface area contributed by atoms with Crippen molar-refractivity contribution in [2.24, 2.45) is 11.8 Å². The van der Waals surface area contributed by atoms with E-state index in [1.54, 1.807) is 18.3 Å². The van der Waals surface area contributed by atoms with Gasteiger partial charge in [0.2, 0.25) is 5.88 Å². The Bertz CT molecular complexity index is 1260. The molecule has 0 bridgehead atoms. The number of alkyl halides is 5. The van der Waals surface area contributed by atoms with Crippen molar-refractivity contribution < 1.29 is 41.3 Å². The summed E-state index contributed by atoms with van der Waals surface area (Å²) in [6.45, 7) is 0.587. The van der Waals surface area contributed by atoms with Crippen LogP contribution in [-0.4, -0.2) is 73.0 Å². The van der Waals surface area contributed by atoms with Gasteiger partial charge in [-0.05, 0) is 86.1 Å². The highest BCUT2D eigenvalue weighted by Gasteiger charge is 2.58. The normalized spacial score (nSPS) is 21.2. The van der Waals surface area contributed by atoms with Crippen LogP contribution in [0.1, 0.15) is 68.0 Å². The van der Waals surface area contributed by atoms with Gasteiger partial charge in [-0.25, -0.2) is 4.98 Å². The number of anilines is 1.